The van der Waals surface area contributed by atoms with Crippen LogP contribution in [0.5, 0.6) is 0 Å². The van der Waals surface area contributed by atoms with E-state index in [9.17, 15) is 14.7 Å². The van der Waals surface area contributed by atoms with Crippen LogP contribution in [0.4, 0.5) is 9.59 Å². The van der Waals surface area contributed by atoms with Gasteiger partial charge < -0.3 is 19.5 Å². The van der Waals surface area contributed by atoms with Crippen molar-refractivity contribution in [1.82, 2.24) is 4.90 Å². The molecule has 1 atom stereocenters. The molecule has 1 rings (SSSR count). The van der Waals surface area contributed by atoms with Gasteiger partial charge in [0.2, 0.25) is 0 Å². The molecular formula is C18H29NO5S. The third kappa shape index (κ3) is 8.77. The van der Waals surface area contributed by atoms with Crippen molar-refractivity contribution >= 4 is 23.6 Å². The van der Waals surface area contributed by atoms with Gasteiger partial charge in [-0.15, -0.1) is 11.3 Å². The summed E-state index contributed by atoms with van der Waals surface area (Å²) in [5, 5.41) is 11.3. The molecule has 1 aromatic rings. The molecule has 1 N–H and O–H groups in total. The lowest BCUT2D eigenvalue weighted by Crippen LogP contribution is -2.33. The van der Waals surface area contributed by atoms with Crippen molar-refractivity contribution in [3.8, 4) is 0 Å². The summed E-state index contributed by atoms with van der Waals surface area (Å²) in [6, 6.07) is 3.76. The van der Waals surface area contributed by atoms with Crippen molar-refractivity contribution in [3.63, 3.8) is 0 Å². The topological polar surface area (TPSA) is 76.1 Å². The van der Waals surface area contributed by atoms with Crippen LogP contribution < -0.4 is 0 Å². The van der Waals surface area contributed by atoms with E-state index >= 15 is 0 Å². The van der Waals surface area contributed by atoms with Crippen LogP contribution in [0.1, 0.15) is 51.5 Å². The van der Waals surface area contributed by atoms with Crippen molar-refractivity contribution in [1.29, 1.82) is 0 Å². The van der Waals surface area contributed by atoms with Crippen molar-refractivity contribution in [2.75, 3.05) is 19.7 Å². The molecule has 1 amide bonds. The first kappa shape index (κ1) is 21.3. The molecule has 0 saturated heterocycles. The number of thiophene rings is 1. The van der Waals surface area contributed by atoms with Gasteiger partial charge in [0, 0.05) is 24.4 Å². The van der Waals surface area contributed by atoms with Gasteiger partial charge in [0.25, 0.3) is 0 Å². The van der Waals surface area contributed by atoms with Crippen molar-refractivity contribution in [3.05, 3.63) is 22.4 Å². The summed E-state index contributed by atoms with van der Waals surface area (Å²) in [5.41, 5.74) is 0. The van der Waals surface area contributed by atoms with E-state index in [0.29, 0.717) is 32.0 Å². The average Bonchev–Trinajstić information content (AvgIpc) is 3.05. The Morgan fingerprint density at radius 1 is 1.16 bits per heavy atom. The average molecular weight is 371 g/mol. The summed E-state index contributed by atoms with van der Waals surface area (Å²) in [7, 11) is 0. The van der Waals surface area contributed by atoms with Gasteiger partial charge in [-0.1, -0.05) is 33.8 Å². The number of carbonyl (C=O) groups is 2. The molecule has 0 bridgehead atoms. The molecule has 0 unspecified atom stereocenters. The highest BCUT2D eigenvalue weighted by atomic mass is 32.1. The van der Waals surface area contributed by atoms with Crippen molar-refractivity contribution in [2.24, 2.45) is 11.8 Å². The highest BCUT2D eigenvalue weighted by Crippen LogP contribution is 2.26. The maximum Gasteiger partial charge on any atom is 0.508 e. The highest BCUT2D eigenvalue weighted by molar-refractivity contribution is 7.10. The third-order valence-corrected chi connectivity index (χ3v) is 4.51. The number of ether oxygens (including phenoxy) is 2. The smallest absolute Gasteiger partial charge is 0.465 e. The lowest BCUT2D eigenvalue weighted by Gasteiger charge is -2.23. The molecule has 142 valence electrons. The van der Waals surface area contributed by atoms with E-state index in [0.717, 1.165) is 11.3 Å². The van der Waals surface area contributed by atoms with E-state index in [1.165, 1.54) is 16.2 Å². The minimum Gasteiger partial charge on any atom is -0.465 e. The second kappa shape index (κ2) is 11.0. The van der Waals surface area contributed by atoms with E-state index < -0.39 is 18.4 Å². The molecule has 0 radical (unpaired) electrons. The zero-order valence-electron chi connectivity index (χ0n) is 15.4. The van der Waals surface area contributed by atoms with Crippen molar-refractivity contribution < 1.29 is 24.2 Å². The summed E-state index contributed by atoms with van der Waals surface area (Å²) in [4.78, 5) is 25.5. The Hall–Kier alpha value is -1.76. The van der Waals surface area contributed by atoms with Gasteiger partial charge in [-0.25, -0.2) is 9.59 Å². The van der Waals surface area contributed by atoms with Crippen molar-refractivity contribution in [2.45, 2.75) is 46.6 Å². The second-order valence-corrected chi connectivity index (χ2v) is 7.80. The Labute approximate surface area is 153 Å². The quantitative estimate of drug-likeness (QED) is 0.585. The Kier molecular flexibility index (Phi) is 9.34. The van der Waals surface area contributed by atoms with Crippen LogP contribution in [0.15, 0.2) is 17.5 Å². The fourth-order valence-electron chi connectivity index (χ4n) is 2.11. The lowest BCUT2D eigenvalue weighted by molar-refractivity contribution is 0.0127. The van der Waals surface area contributed by atoms with Gasteiger partial charge in [-0.05, 0) is 29.7 Å². The van der Waals surface area contributed by atoms with Gasteiger partial charge in [-0.2, -0.15) is 0 Å². The molecule has 0 fully saturated rings. The fourth-order valence-corrected chi connectivity index (χ4v) is 2.90. The van der Waals surface area contributed by atoms with Gasteiger partial charge in [0.1, 0.15) is 6.10 Å². The van der Waals surface area contributed by atoms with E-state index in [1.807, 2.05) is 31.4 Å². The van der Waals surface area contributed by atoms with Crippen LogP contribution in [-0.2, 0) is 9.47 Å². The zero-order valence-corrected chi connectivity index (χ0v) is 16.3. The maximum absolute atomic E-state index is 11.9. The molecule has 0 aliphatic carbocycles. The number of nitrogens with zero attached hydrogens (tertiary/aromatic N) is 1. The zero-order chi connectivity index (χ0) is 18.8. The summed E-state index contributed by atoms with van der Waals surface area (Å²) in [6.07, 6.45) is -0.959. The van der Waals surface area contributed by atoms with E-state index in [-0.39, 0.29) is 5.92 Å². The second-order valence-electron chi connectivity index (χ2n) is 6.82. The molecule has 0 aliphatic heterocycles. The number of carboxylic acid groups (broad SMARTS) is 1. The molecule has 25 heavy (non-hydrogen) atoms. The number of rotatable bonds is 10. The number of hydrogen-bond donors (Lipinski definition) is 1. The number of carbonyl (C=O) groups excluding carboxylic acids is 1. The first-order valence-corrected chi connectivity index (χ1v) is 9.52. The van der Waals surface area contributed by atoms with E-state index in [1.54, 1.807) is 0 Å². The molecule has 0 aliphatic rings. The number of amides is 1. The minimum atomic E-state index is -0.951. The van der Waals surface area contributed by atoms with Gasteiger partial charge in [-0.3, -0.25) is 0 Å². The molecule has 6 nitrogen and oxygen atoms in total. The first-order chi connectivity index (χ1) is 11.8. The van der Waals surface area contributed by atoms with Gasteiger partial charge >= 0.3 is 12.2 Å². The van der Waals surface area contributed by atoms with Crippen LogP contribution in [0, 0.1) is 11.8 Å². The molecular weight excluding hydrogens is 342 g/mol. The Morgan fingerprint density at radius 2 is 1.84 bits per heavy atom. The lowest BCUT2D eigenvalue weighted by atomic mass is 10.1. The normalized spacial score (nSPS) is 12.2. The maximum atomic E-state index is 11.9. The van der Waals surface area contributed by atoms with Crippen LogP contribution >= 0.6 is 11.3 Å². The summed E-state index contributed by atoms with van der Waals surface area (Å²) in [6.45, 7) is 9.09. The standard InChI is InChI=1S/C18H29NO5S/c1-13(2)7-9-19(17(20)21)10-8-15(16-6-5-11-25-16)24-18(22)23-12-14(3)4/h5-6,11,13-15H,7-10,12H2,1-4H3,(H,20,21)/t15-/m0/s1. The molecule has 7 heteroatoms. The molecule has 1 heterocycles. The molecule has 1 aromatic heterocycles. The van der Waals surface area contributed by atoms with Gasteiger partial charge in [0.15, 0.2) is 0 Å². The SMILES string of the molecule is CC(C)CCN(CC[C@H](OC(=O)OCC(C)C)c1cccs1)C(=O)O. The Balaban J connectivity index is 2.64. The van der Waals surface area contributed by atoms with E-state index in [4.69, 9.17) is 9.47 Å². The Bertz CT molecular complexity index is 516. The summed E-state index contributed by atoms with van der Waals surface area (Å²) >= 11 is 1.48. The van der Waals surface area contributed by atoms with Gasteiger partial charge in [0.05, 0.1) is 6.61 Å². The Morgan fingerprint density at radius 3 is 2.36 bits per heavy atom. The summed E-state index contributed by atoms with van der Waals surface area (Å²) in [5.74, 6) is 0.656. The first-order valence-electron chi connectivity index (χ1n) is 8.64. The minimum absolute atomic E-state index is 0.228. The highest BCUT2D eigenvalue weighted by Gasteiger charge is 2.22. The van der Waals surface area contributed by atoms with Crippen LogP contribution in [0.3, 0.4) is 0 Å². The summed E-state index contributed by atoms with van der Waals surface area (Å²) < 4.78 is 10.5. The van der Waals surface area contributed by atoms with Crippen LogP contribution in [-0.4, -0.2) is 42.0 Å². The molecule has 0 aromatic carbocycles. The van der Waals surface area contributed by atoms with Crippen LogP contribution in [0.25, 0.3) is 0 Å². The predicted octanol–water partition coefficient (Wildman–Crippen LogP) is 5.01. The monoisotopic (exact) mass is 371 g/mol. The largest absolute Gasteiger partial charge is 0.508 e. The predicted molar refractivity (Wildman–Crippen MR) is 98.0 cm³/mol. The number of hydrogen-bond acceptors (Lipinski definition) is 5. The fraction of sp³-hybridized carbons (Fsp3) is 0.667. The van der Waals surface area contributed by atoms with Crippen LogP contribution in [0.2, 0.25) is 0 Å². The molecule has 0 spiro atoms. The van der Waals surface area contributed by atoms with E-state index in [2.05, 4.69) is 13.8 Å². The molecule has 0 saturated carbocycles. The third-order valence-electron chi connectivity index (χ3n) is 3.54.